The monoisotopic (exact) mass is 570 g/mol. The highest BCUT2D eigenvalue weighted by atomic mass is 32.1. The number of nitrogens with zero attached hydrogens (tertiary/aromatic N) is 1. The van der Waals surface area contributed by atoms with E-state index in [1.165, 1.54) is 36.5 Å². The summed E-state index contributed by atoms with van der Waals surface area (Å²) in [5, 5.41) is 5.23. The third-order valence-corrected chi connectivity index (χ3v) is 5.40. The fourth-order valence-corrected chi connectivity index (χ4v) is 3.47. The molecule has 0 aliphatic heterocycles. The molecule has 0 saturated carbocycles. The maximum atomic E-state index is 10.9. The number of aryl methyl sites for hydroxylation is 1. The summed E-state index contributed by atoms with van der Waals surface area (Å²) in [5.41, 5.74) is 16.5. The molecule has 220 valence electrons. The van der Waals surface area contributed by atoms with Crippen molar-refractivity contribution in [3.8, 4) is 0 Å². The van der Waals surface area contributed by atoms with Crippen LogP contribution in [0.15, 0.2) is 76.2 Å². The summed E-state index contributed by atoms with van der Waals surface area (Å²) >= 11 is 1.45. The second kappa shape index (κ2) is 25.6. The number of hydrogen-bond acceptors (Lipinski definition) is 9. The molecule has 9 heteroatoms. The number of carbonyl (C=O) groups excluding carboxylic acids is 3. The number of carbonyl (C=O) groups is 3. The van der Waals surface area contributed by atoms with E-state index >= 15 is 0 Å². The minimum absolute atomic E-state index is 0.0671. The van der Waals surface area contributed by atoms with Crippen LogP contribution in [0.2, 0.25) is 0 Å². The summed E-state index contributed by atoms with van der Waals surface area (Å²) in [5.74, 6) is 0.0671. The average Bonchev–Trinajstić information content (AvgIpc) is 3.43. The van der Waals surface area contributed by atoms with Crippen molar-refractivity contribution in [2.45, 2.75) is 41.5 Å². The first-order valence-electron chi connectivity index (χ1n) is 13.0. The standard InChI is InChI=1S/C16H18N2OS.C7H9N.C4H8O2.C2H5NO.C2H6/c1-3-17-14-7-5-4-6-13(14)12(2)10-18-15-8-9-20-16(15)11-19;1-6-2-4-7(8)5-3-6;1-4(5)3-6-2;3-1-2-4;1-2/h4-9,11,18H,3,10H2,1-2H3;2-5H,8H2,1H3;3H2,1-2H3;2H,1,3H2;1-2H3/b13-12+,17-14?;;;;. The Kier molecular flexibility index (Phi) is 24.6. The summed E-state index contributed by atoms with van der Waals surface area (Å²) in [6.45, 7) is 13.5. The molecular formula is C31H46N4O4S. The zero-order valence-electron chi connectivity index (χ0n) is 24.9. The molecule has 0 spiro atoms. The van der Waals surface area contributed by atoms with Crippen LogP contribution in [0, 0.1) is 6.92 Å². The van der Waals surface area contributed by atoms with Crippen molar-refractivity contribution >= 4 is 46.8 Å². The Morgan fingerprint density at radius 2 is 1.68 bits per heavy atom. The molecule has 1 aliphatic carbocycles. The van der Waals surface area contributed by atoms with E-state index in [2.05, 4.69) is 33.8 Å². The lowest BCUT2D eigenvalue weighted by molar-refractivity contribution is -0.120. The average molecular weight is 571 g/mol. The summed E-state index contributed by atoms with van der Waals surface area (Å²) in [4.78, 5) is 35.1. The van der Waals surface area contributed by atoms with Crippen LogP contribution in [0.3, 0.4) is 0 Å². The van der Waals surface area contributed by atoms with Crippen LogP contribution in [-0.4, -0.2) is 57.4 Å². The van der Waals surface area contributed by atoms with Crippen molar-refractivity contribution in [3.05, 3.63) is 81.6 Å². The highest BCUT2D eigenvalue weighted by Crippen LogP contribution is 2.21. The lowest BCUT2D eigenvalue weighted by atomic mass is 10.00. The van der Waals surface area contributed by atoms with Gasteiger partial charge in [-0.3, -0.25) is 14.6 Å². The summed E-state index contributed by atoms with van der Waals surface area (Å²) in [6, 6.07) is 9.72. The maximum Gasteiger partial charge on any atom is 0.162 e. The Morgan fingerprint density at radius 3 is 2.12 bits per heavy atom. The van der Waals surface area contributed by atoms with E-state index in [1.54, 1.807) is 0 Å². The molecule has 1 aromatic carbocycles. The molecule has 0 fully saturated rings. The van der Waals surface area contributed by atoms with E-state index in [1.807, 2.05) is 81.6 Å². The van der Waals surface area contributed by atoms with Gasteiger partial charge in [0.05, 0.1) is 16.3 Å². The molecule has 2 aromatic rings. The van der Waals surface area contributed by atoms with Gasteiger partial charge in [0.1, 0.15) is 12.9 Å². The number of aldehydes is 2. The molecule has 40 heavy (non-hydrogen) atoms. The minimum atomic E-state index is 0.0671. The van der Waals surface area contributed by atoms with Crippen LogP contribution in [0.1, 0.15) is 49.9 Å². The first-order chi connectivity index (χ1) is 19.2. The molecule has 0 saturated heterocycles. The Balaban J connectivity index is 0. The van der Waals surface area contributed by atoms with Crippen molar-refractivity contribution in [3.63, 3.8) is 0 Å². The fraction of sp³-hybridized carbons (Fsp3) is 0.355. The van der Waals surface area contributed by atoms with Gasteiger partial charge >= 0.3 is 0 Å². The van der Waals surface area contributed by atoms with Crippen LogP contribution >= 0.6 is 11.3 Å². The van der Waals surface area contributed by atoms with Gasteiger partial charge in [-0.1, -0.05) is 49.8 Å². The molecular weight excluding hydrogens is 524 g/mol. The van der Waals surface area contributed by atoms with Crippen LogP contribution in [-0.2, 0) is 14.3 Å². The number of hydrogen-bond donors (Lipinski definition) is 3. The number of rotatable bonds is 8. The van der Waals surface area contributed by atoms with Crippen LogP contribution in [0.4, 0.5) is 11.4 Å². The van der Waals surface area contributed by atoms with E-state index in [0.717, 1.165) is 40.4 Å². The summed E-state index contributed by atoms with van der Waals surface area (Å²) in [6.07, 6.45) is 9.68. The van der Waals surface area contributed by atoms with Gasteiger partial charge in [0.25, 0.3) is 0 Å². The van der Waals surface area contributed by atoms with E-state index < -0.39 is 0 Å². The van der Waals surface area contributed by atoms with Crippen molar-refractivity contribution in [1.82, 2.24) is 0 Å². The number of benzene rings is 1. The van der Waals surface area contributed by atoms with E-state index in [0.29, 0.717) is 12.8 Å². The van der Waals surface area contributed by atoms with E-state index in [4.69, 9.17) is 10.5 Å². The quantitative estimate of drug-likeness (QED) is 0.268. The number of anilines is 2. The highest BCUT2D eigenvalue weighted by molar-refractivity contribution is 7.12. The van der Waals surface area contributed by atoms with Gasteiger partial charge in [-0.2, -0.15) is 0 Å². The molecule has 0 radical (unpaired) electrons. The third-order valence-electron chi connectivity index (χ3n) is 4.56. The predicted molar refractivity (Wildman–Crippen MR) is 172 cm³/mol. The molecule has 1 heterocycles. The van der Waals surface area contributed by atoms with Crippen molar-refractivity contribution in [2.24, 2.45) is 10.7 Å². The van der Waals surface area contributed by atoms with Gasteiger partial charge < -0.3 is 26.3 Å². The number of methoxy groups -OCH3 is 1. The number of thiophene rings is 1. The van der Waals surface area contributed by atoms with Crippen molar-refractivity contribution in [2.75, 3.05) is 44.4 Å². The number of aliphatic imine (C=N–C) groups is 1. The number of nitrogens with two attached hydrogens (primary N) is 2. The second-order valence-corrected chi connectivity index (χ2v) is 8.84. The fourth-order valence-electron chi connectivity index (χ4n) is 2.79. The Hall–Kier alpha value is -3.66. The van der Waals surface area contributed by atoms with E-state index in [-0.39, 0.29) is 18.9 Å². The molecule has 0 atom stereocenters. The molecule has 0 bridgehead atoms. The molecule has 8 nitrogen and oxygen atoms in total. The summed E-state index contributed by atoms with van der Waals surface area (Å²) < 4.78 is 4.45. The van der Waals surface area contributed by atoms with Gasteiger partial charge in [-0.25, -0.2) is 0 Å². The number of ketones is 1. The molecule has 0 unspecified atom stereocenters. The number of ether oxygens (including phenoxy) is 1. The topological polar surface area (TPSA) is 137 Å². The first kappa shape index (κ1) is 38.5. The Bertz CT molecular complexity index is 1080. The number of nitrogens with one attached hydrogen (secondary N) is 1. The van der Waals surface area contributed by atoms with Gasteiger partial charge in [0.2, 0.25) is 0 Å². The molecule has 0 amide bonds. The second-order valence-electron chi connectivity index (χ2n) is 7.89. The first-order valence-corrected chi connectivity index (χ1v) is 13.9. The number of nitrogen functional groups attached to an aromatic ring is 1. The van der Waals surface area contributed by atoms with Gasteiger partial charge in [-0.05, 0) is 62.9 Å². The Morgan fingerprint density at radius 1 is 1.07 bits per heavy atom. The lowest BCUT2D eigenvalue weighted by Crippen LogP contribution is -2.10. The highest BCUT2D eigenvalue weighted by Gasteiger charge is 2.09. The van der Waals surface area contributed by atoms with Crippen LogP contribution < -0.4 is 16.8 Å². The zero-order valence-corrected chi connectivity index (χ0v) is 25.7. The largest absolute Gasteiger partial charge is 0.399 e. The smallest absolute Gasteiger partial charge is 0.162 e. The number of Topliss-reactive ketones (excluding diaryl/α,β-unsaturated/α-hetero) is 1. The van der Waals surface area contributed by atoms with Crippen molar-refractivity contribution < 1.29 is 19.1 Å². The predicted octanol–water partition coefficient (Wildman–Crippen LogP) is 5.85. The van der Waals surface area contributed by atoms with E-state index in [9.17, 15) is 9.59 Å². The molecule has 3 rings (SSSR count). The molecule has 1 aliphatic rings. The summed E-state index contributed by atoms with van der Waals surface area (Å²) in [7, 11) is 1.50. The maximum absolute atomic E-state index is 10.9. The minimum Gasteiger partial charge on any atom is -0.399 e. The Labute approximate surface area is 243 Å². The van der Waals surface area contributed by atoms with Gasteiger partial charge in [0.15, 0.2) is 12.1 Å². The normalized spacial score (nSPS) is 13.1. The number of allylic oxidation sites excluding steroid dienone is 5. The van der Waals surface area contributed by atoms with Crippen LogP contribution in [0.25, 0.3) is 0 Å². The van der Waals surface area contributed by atoms with Crippen molar-refractivity contribution in [1.29, 1.82) is 0 Å². The molecule has 5 N–H and O–H groups in total. The van der Waals surface area contributed by atoms with Crippen LogP contribution in [0.5, 0.6) is 0 Å². The lowest BCUT2D eigenvalue weighted by Gasteiger charge is -2.13. The molecule has 1 aromatic heterocycles. The van der Waals surface area contributed by atoms with Gasteiger partial charge in [-0.15, -0.1) is 11.3 Å². The van der Waals surface area contributed by atoms with Gasteiger partial charge in [0, 0.05) is 38.0 Å². The SMILES string of the molecule is CC.CCN=C1C=CC=C/C1=C(/C)CNc1ccsc1C=O.COCC(C)=O.Cc1ccc(N)cc1.NCC=O. The zero-order chi connectivity index (χ0) is 30.8. The third kappa shape index (κ3) is 18.6.